The lowest BCUT2D eigenvalue weighted by Crippen LogP contribution is -2.40. The fourth-order valence-electron chi connectivity index (χ4n) is 4.33. The Labute approximate surface area is 179 Å². The van der Waals surface area contributed by atoms with Crippen molar-refractivity contribution < 1.29 is 13.7 Å². The Bertz CT molecular complexity index is 1230. The summed E-state index contributed by atoms with van der Waals surface area (Å²) in [5.41, 5.74) is 2.00. The molecule has 0 N–H and O–H groups in total. The van der Waals surface area contributed by atoms with Crippen LogP contribution in [0.15, 0.2) is 59.4 Å². The second-order valence-corrected chi connectivity index (χ2v) is 8.17. The van der Waals surface area contributed by atoms with Gasteiger partial charge in [0.05, 0.1) is 5.39 Å². The predicted octanol–water partition coefficient (Wildman–Crippen LogP) is 4.46. The van der Waals surface area contributed by atoms with E-state index in [1.54, 1.807) is 24.3 Å². The molecule has 1 fully saturated rings. The maximum Gasteiger partial charge on any atom is 0.253 e. The van der Waals surface area contributed by atoms with E-state index >= 15 is 0 Å². The van der Waals surface area contributed by atoms with Crippen LogP contribution in [0.5, 0.6) is 0 Å². The summed E-state index contributed by atoms with van der Waals surface area (Å²) in [7, 11) is 2.00. The van der Waals surface area contributed by atoms with Crippen LogP contribution in [0.2, 0.25) is 0 Å². The van der Waals surface area contributed by atoms with Crippen LogP contribution in [0.1, 0.15) is 29.0 Å². The first-order valence-electron chi connectivity index (χ1n) is 10.5. The molecule has 4 aromatic rings. The molecular weight excluding hydrogens is 395 g/mol. The first-order valence-corrected chi connectivity index (χ1v) is 10.5. The molecule has 31 heavy (non-hydrogen) atoms. The van der Waals surface area contributed by atoms with Crippen LogP contribution in [-0.4, -0.2) is 38.6 Å². The predicted molar refractivity (Wildman–Crippen MR) is 115 cm³/mol. The number of halogens is 1. The molecule has 158 valence electrons. The molecule has 6 nitrogen and oxygen atoms in total. The van der Waals surface area contributed by atoms with Crippen molar-refractivity contribution in [3.8, 4) is 11.3 Å². The molecule has 3 heterocycles. The average molecular weight is 418 g/mol. The number of likely N-dealkylation sites (tertiary alicyclic amines) is 1. The Morgan fingerprint density at radius 3 is 2.84 bits per heavy atom. The molecule has 7 heteroatoms. The van der Waals surface area contributed by atoms with Gasteiger partial charge in [0.2, 0.25) is 0 Å². The van der Waals surface area contributed by atoms with E-state index in [-0.39, 0.29) is 11.7 Å². The SMILES string of the molecule is Cn1ccnc1CC1CCCN(C(=O)c2ccc3noc(-c4ccc(F)cc4)c3c2)C1. The van der Waals surface area contributed by atoms with Gasteiger partial charge in [0.1, 0.15) is 17.2 Å². The highest BCUT2D eigenvalue weighted by atomic mass is 19.1. The number of imidazole rings is 1. The highest BCUT2D eigenvalue weighted by molar-refractivity contribution is 6.01. The molecule has 0 bridgehead atoms. The second-order valence-electron chi connectivity index (χ2n) is 8.17. The second kappa shape index (κ2) is 7.98. The minimum atomic E-state index is -0.311. The Balaban J connectivity index is 1.38. The zero-order chi connectivity index (χ0) is 21.4. The Kier molecular flexibility index (Phi) is 5.02. The number of aromatic nitrogens is 3. The lowest BCUT2D eigenvalue weighted by atomic mass is 9.93. The van der Waals surface area contributed by atoms with E-state index in [0.717, 1.165) is 49.1 Å². The molecular formula is C24H23FN4O2. The third-order valence-electron chi connectivity index (χ3n) is 6.03. The number of piperidine rings is 1. The van der Waals surface area contributed by atoms with Crippen molar-refractivity contribution in [2.75, 3.05) is 13.1 Å². The summed E-state index contributed by atoms with van der Waals surface area (Å²) >= 11 is 0. The van der Waals surface area contributed by atoms with Crippen LogP contribution in [0, 0.1) is 11.7 Å². The number of carbonyl (C=O) groups excluding carboxylic acids is 1. The van der Waals surface area contributed by atoms with E-state index in [1.807, 2.05) is 35.0 Å². The van der Waals surface area contributed by atoms with Gasteiger partial charge >= 0.3 is 0 Å². The van der Waals surface area contributed by atoms with Gasteiger partial charge in [-0.1, -0.05) is 5.16 Å². The van der Waals surface area contributed by atoms with Crippen LogP contribution in [0.25, 0.3) is 22.2 Å². The van der Waals surface area contributed by atoms with Gasteiger partial charge in [0.15, 0.2) is 5.76 Å². The fourth-order valence-corrected chi connectivity index (χ4v) is 4.33. The summed E-state index contributed by atoms with van der Waals surface area (Å²) in [6.45, 7) is 1.47. The average Bonchev–Trinajstić information content (AvgIpc) is 3.39. The van der Waals surface area contributed by atoms with Crippen molar-refractivity contribution >= 4 is 16.8 Å². The molecule has 1 aliphatic heterocycles. The number of nitrogens with zero attached hydrogens (tertiary/aromatic N) is 4. The van der Waals surface area contributed by atoms with Crippen LogP contribution < -0.4 is 0 Å². The van der Waals surface area contributed by atoms with Gasteiger partial charge in [-0.05, 0) is 61.2 Å². The van der Waals surface area contributed by atoms with Crippen molar-refractivity contribution in [1.82, 2.24) is 19.6 Å². The molecule has 2 aromatic heterocycles. The maximum absolute atomic E-state index is 13.3. The summed E-state index contributed by atoms with van der Waals surface area (Å²) in [6, 6.07) is 11.5. The topological polar surface area (TPSA) is 64.2 Å². The van der Waals surface area contributed by atoms with Crippen molar-refractivity contribution in [3.63, 3.8) is 0 Å². The highest BCUT2D eigenvalue weighted by Gasteiger charge is 2.26. The van der Waals surface area contributed by atoms with Crippen molar-refractivity contribution in [3.05, 3.63) is 72.1 Å². The number of benzene rings is 2. The Hall–Kier alpha value is -3.48. The number of hydrogen-bond acceptors (Lipinski definition) is 4. The largest absolute Gasteiger partial charge is 0.355 e. The smallest absolute Gasteiger partial charge is 0.253 e. The molecule has 0 aliphatic carbocycles. The van der Waals surface area contributed by atoms with Crippen LogP contribution in [0.4, 0.5) is 4.39 Å². The lowest BCUT2D eigenvalue weighted by Gasteiger charge is -2.32. The summed E-state index contributed by atoms with van der Waals surface area (Å²) in [5, 5.41) is 4.84. The minimum Gasteiger partial charge on any atom is -0.355 e. The number of aryl methyl sites for hydroxylation is 1. The Morgan fingerprint density at radius 1 is 1.23 bits per heavy atom. The first-order chi connectivity index (χ1) is 15.1. The zero-order valence-corrected chi connectivity index (χ0v) is 17.3. The van der Waals surface area contributed by atoms with E-state index in [1.165, 1.54) is 12.1 Å². The van der Waals surface area contributed by atoms with Crippen LogP contribution in [0.3, 0.4) is 0 Å². The van der Waals surface area contributed by atoms with Gasteiger partial charge in [0, 0.05) is 50.1 Å². The van der Waals surface area contributed by atoms with E-state index in [2.05, 4.69) is 10.1 Å². The van der Waals surface area contributed by atoms with Crippen LogP contribution >= 0.6 is 0 Å². The summed E-state index contributed by atoms with van der Waals surface area (Å²) in [6.07, 6.45) is 6.71. The first kappa shape index (κ1) is 19.5. The molecule has 0 spiro atoms. The van der Waals surface area contributed by atoms with Gasteiger partial charge in [0.25, 0.3) is 5.91 Å². The molecule has 1 saturated heterocycles. The third-order valence-corrected chi connectivity index (χ3v) is 6.03. The van der Waals surface area contributed by atoms with Gasteiger partial charge in [-0.2, -0.15) is 0 Å². The van der Waals surface area contributed by atoms with Crippen LogP contribution in [-0.2, 0) is 13.5 Å². The maximum atomic E-state index is 13.3. The number of rotatable bonds is 4. The molecule has 1 aliphatic rings. The van der Waals surface area contributed by atoms with Gasteiger partial charge < -0.3 is 14.0 Å². The van der Waals surface area contributed by atoms with Gasteiger partial charge in [-0.25, -0.2) is 9.37 Å². The molecule has 1 amide bonds. The molecule has 5 rings (SSSR count). The monoisotopic (exact) mass is 418 g/mol. The van der Waals surface area contributed by atoms with E-state index in [9.17, 15) is 9.18 Å². The molecule has 2 aromatic carbocycles. The summed E-state index contributed by atoms with van der Waals surface area (Å²) < 4.78 is 20.8. The third kappa shape index (κ3) is 3.83. The summed E-state index contributed by atoms with van der Waals surface area (Å²) in [4.78, 5) is 19.6. The quantitative estimate of drug-likeness (QED) is 0.491. The van der Waals surface area contributed by atoms with Crippen molar-refractivity contribution in [1.29, 1.82) is 0 Å². The normalized spacial score (nSPS) is 16.7. The van der Waals surface area contributed by atoms with Gasteiger partial charge in [-0.3, -0.25) is 4.79 Å². The standard InChI is InChI=1S/C24H23FN4O2/c1-28-12-10-26-22(28)13-16-3-2-11-29(15-16)24(30)18-6-9-21-20(14-18)23(31-27-21)17-4-7-19(25)8-5-17/h4-10,12,14,16H,2-3,11,13,15H2,1H3. The number of hydrogen-bond donors (Lipinski definition) is 0. The Morgan fingerprint density at radius 2 is 2.06 bits per heavy atom. The lowest BCUT2D eigenvalue weighted by molar-refractivity contribution is 0.0672. The molecule has 0 radical (unpaired) electrons. The summed E-state index contributed by atoms with van der Waals surface area (Å²) in [5.74, 6) is 1.68. The molecule has 1 unspecified atom stereocenters. The molecule has 0 saturated carbocycles. The van der Waals surface area contributed by atoms with Crippen molar-refractivity contribution in [2.24, 2.45) is 13.0 Å². The number of amides is 1. The number of carbonyl (C=O) groups is 1. The highest BCUT2D eigenvalue weighted by Crippen LogP contribution is 2.30. The van der Waals surface area contributed by atoms with E-state index in [4.69, 9.17) is 4.52 Å². The van der Waals surface area contributed by atoms with Gasteiger partial charge in [-0.15, -0.1) is 0 Å². The van der Waals surface area contributed by atoms with E-state index < -0.39 is 0 Å². The minimum absolute atomic E-state index is 0.0118. The fraction of sp³-hybridized carbons (Fsp3) is 0.292. The van der Waals surface area contributed by atoms with E-state index in [0.29, 0.717) is 22.8 Å². The zero-order valence-electron chi connectivity index (χ0n) is 17.3. The molecule has 1 atom stereocenters. The van der Waals surface area contributed by atoms with Crippen molar-refractivity contribution in [2.45, 2.75) is 19.3 Å². The number of fused-ring (bicyclic) bond motifs is 1.